The van der Waals surface area contributed by atoms with Crippen LogP contribution >= 0.6 is 11.3 Å². The molecule has 0 aliphatic heterocycles. The zero-order valence-corrected chi connectivity index (χ0v) is 16.2. The molecule has 0 bridgehead atoms. The molecule has 0 spiro atoms. The zero-order chi connectivity index (χ0) is 19.3. The maximum Gasteiger partial charge on any atom is 0.206 e. The average molecular weight is 392 g/mol. The fraction of sp³-hybridized carbons (Fsp3) is 0.200. The highest BCUT2D eigenvalue weighted by Crippen LogP contribution is 2.29. The minimum atomic E-state index is 0.0823. The molecule has 8 heteroatoms. The maximum absolute atomic E-state index is 5.94. The van der Waals surface area contributed by atoms with E-state index in [2.05, 4.69) is 37.6 Å². The molecule has 7 nitrogen and oxygen atoms in total. The van der Waals surface area contributed by atoms with Crippen LogP contribution in [0.2, 0.25) is 0 Å². The van der Waals surface area contributed by atoms with E-state index >= 15 is 0 Å². The van der Waals surface area contributed by atoms with Crippen molar-refractivity contribution in [3.63, 3.8) is 0 Å². The van der Waals surface area contributed by atoms with Gasteiger partial charge in [-0.2, -0.15) is 0 Å². The van der Waals surface area contributed by atoms with Gasteiger partial charge in [0.2, 0.25) is 5.13 Å². The highest BCUT2D eigenvalue weighted by Gasteiger charge is 2.14. The van der Waals surface area contributed by atoms with Gasteiger partial charge in [-0.05, 0) is 24.1 Å². The number of ether oxygens (including phenoxy) is 1. The number of pyridine rings is 2. The quantitative estimate of drug-likeness (QED) is 0.498. The Hall–Kier alpha value is -3.10. The number of hydrogen-bond acceptors (Lipinski definition) is 8. The van der Waals surface area contributed by atoms with Crippen LogP contribution in [0.1, 0.15) is 5.56 Å². The Morgan fingerprint density at radius 1 is 1.11 bits per heavy atom. The van der Waals surface area contributed by atoms with Crippen LogP contribution in [-0.2, 0) is 6.42 Å². The van der Waals surface area contributed by atoms with E-state index in [1.165, 1.54) is 16.9 Å². The summed E-state index contributed by atoms with van der Waals surface area (Å²) in [7, 11) is 1.61. The molecule has 3 N–H and O–H groups in total. The third-order valence-corrected chi connectivity index (χ3v) is 5.24. The number of nitrogens with zero attached hydrogens (tertiary/aromatic N) is 4. The number of benzene rings is 1. The number of rotatable bonds is 7. The molecule has 0 amide bonds. The van der Waals surface area contributed by atoms with E-state index in [0.29, 0.717) is 12.3 Å². The fourth-order valence-electron chi connectivity index (χ4n) is 2.94. The highest BCUT2D eigenvalue weighted by atomic mass is 32.1. The summed E-state index contributed by atoms with van der Waals surface area (Å²) >= 11 is 1.45. The molecule has 0 radical (unpaired) electrons. The van der Waals surface area contributed by atoms with Crippen molar-refractivity contribution in [3.8, 4) is 16.5 Å². The van der Waals surface area contributed by atoms with E-state index in [0.717, 1.165) is 33.2 Å². The Bertz CT molecular complexity index is 1070. The molecule has 0 saturated heterocycles. The minimum absolute atomic E-state index is 0.0823. The number of aromatic nitrogens is 4. The zero-order valence-electron chi connectivity index (χ0n) is 15.4. The molecule has 28 heavy (non-hydrogen) atoms. The lowest BCUT2D eigenvalue weighted by Gasteiger charge is -2.15. The number of hydrogen-bond donors (Lipinski definition) is 2. The van der Waals surface area contributed by atoms with Gasteiger partial charge in [-0.3, -0.25) is 4.98 Å². The Balaban J connectivity index is 1.54. The van der Waals surface area contributed by atoms with Crippen molar-refractivity contribution in [2.75, 3.05) is 19.0 Å². The number of anilines is 1. The molecule has 142 valence electrons. The van der Waals surface area contributed by atoms with Gasteiger partial charge in [-0.25, -0.2) is 4.98 Å². The van der Waals surface area contributed by atoms with Crippen LogP contribution in [0, 0.1) is 0 Å². The predicted molar refractivity (Wildman–Crippen MR) is 112 cm³/mol. The van der Waals surface area contributed by atoms with Crippen LogP contribution < -0.4 is 15.8 Å². The number of nitrogens with two attached hydrogens (primary N) is 1. The molecule has 0 saturated carbocycles. The molecule has 3 heterocycles. The van der Waals surface area contributed by atoms with E-state index in [4.69, 9.17) is 10.5 Å². The maximum atomic E-state index is 5.94. The predicted octanol–water partition coefficient (Wildman–Crippen LogP) is 3.14. The van der Waals surface area contributed by atoms with Crippen molar-refractivity contribution in [3.05, 3.63) is 60.4 Å². The summed E-state index contributed by atoms with van der Waals surface area (Å²) in [5.41, 5.74) is 8.67. The number of methoxy groups -OCH3 is 1. The van der Waals surface area contributed by atoms with Crippen molar-refractivity contribution in [2.24, 2.45) is 5.73 Å². The van der Waals surface area contributed by atoms with Gasteiger partial charge in [-0.15, -0.1) is 10.2 Å². The van der Waals surface area contributed by atoms with E-state index < -0.39 is 0 Å². The lowest BCUT2D eigenvalue weighted by atomic mass is 10.1. The van der Waals surface area contributed by atoms with Crippen LogP contribution in [0.5, 0.6) is 5.75 Å². The van der Waals surface area contributed by atoms with Gasteiger partial charge >= 0.3 is 0 Å². The topological polar surface area (TPSA) is 98.8 Å². The second kappa shape index (κ2) is 8.28. The van der Waals surface area contributed by atoms with E-state index in [9.17, 15) is 0 Å². The van der Waals surface area contributed by atoms with Gasteiger partial charge in [-0.1, -0.05) is 41.7 Å². The third-order valence-electron chi connectivity index (χ3n) is 4.37. The molecular formula is C20H20N6OS. The van der Waals surface area contributed by atoms with Crippen LogP contribution in [-0.4, -0.2) is 39.9 Å². The molecule has 0 unspecified atom stereocenters. The molecule has 4 aromatic rings. The lowest BCUT2D eigenvalue weighted by molar-refractivity contribution is 0.417. The van der Waals surface area contributed by atoms with E-state index in [1.807, 2.05) is 30.3 Å². The first kappa shape index (κ1) is 18.3. The van der Waals surface area contributed by atoms with Crippen molar-refractivity contribution >= 4 is 27.4 Å². The number of nitrogens with one attached hydrogen (secondary N) is 1. The summed E-state index contributed by atoms with van der Waals surface area (Å²) in [4.78, 5) is 8.84. The van der Waals surface area contributed by atoms with Crippen LogP contribution in [0.3, 0.4) is 0 Å². The van der Waals surface area contributed by atoms with Gasteiger partial charge < -0.3 is 15.8 Å². The number of fused-ring (bicyclic) bond motifs is 1. The van der Waals surface area contributed by atoms with Crippen molar-refractivity contribution in [1.82, 2.24) is 20.2 Å². The van der Waals surface area contributed by atoms with Gasteiger partial charge in [0, 0.05) is 24.2 Å². The Kier molecular flexibility index (Phi) is 5.41. The fourth-order valence-corrected chi connectivity index (χ4v) is 3.73. The van der Waals surface area contributed by atoms with Crippen molar-refractivity contribution < 1.29 is 4.74 Å². The molecule has 4 rings (SSSR count). The van der Waals surface area contributed by atoms with E-state index in [1.54, 1.807) is 19.5 Å². The van der Waals surface area contributed by atoms with Gasteiger partial charge in [0.15, 0.2) is 10.8 Å². The minimum Gasteiger partial charge on any atom is -0.493 e. The first-order valence-electron chi connectivity index (χ1n) is 8.90. The molecule has 0 aliphatic rings. The molecule has 1 atom stereocenters. The summed E-state index contributed by atoms with van der Waals surface area (Å²) in [5.74, 6) is 0.633. The Morgan fingerprint density at radius 3 is 2.75 bits per heavy atom. The summed E-state index contributed by atoms with van der Waals surface area (Å²) < 4.78 is 5.36. The molecule has 0 aliphatic carbocycles. The first-order chi connectivity index (χ1) is 13.8. The third kappa shape index (κ3) is 3.92. The summed E-state index contributed by atoms with van der Waals surface area (Å²) in [6.07, 6.45) is 4.24. The summed E-state index contributed by atoms with van der Waals surface area (Å²) in [6, 6.07) is 14.2. The van der Waals surface area contributed by atoms with Crippen LogP contribution in [0.4, 0.5) is 5.13 Å². The molecule has 1 aromatic carbocycles. The second-order valence-corrected chi connectivity index (χ2v) is 7.27. The van der Waals surface area contributed by atoms with Crippen molar-refractivity contribution in [1.29, 1.82) is 0 Å². The van der Waals surface area contributed by atoms with E-state index in [-0.39, 0.29) is 6.04 Å². The van der Waals surface area contributed by atoms with Crippen LogP contribution in [0.15, 0.2) is 54.9 Å². The SMILES string of the molecule is COc1cncc2ccc(-c3nnc(N[C@@H](CN)Cc4ccccc4)s3)nc12. The van der Waals surface area contributed by atoms with Crippen molar-refractivity contribution in [2.45, 2.75) is 12.5 Å². The monoisotopic (exact) mass is 392 g/mol. The molecule has 0 fully saturated rings. The van der Waals surface area contributed by atoms with Crippen LogP contribution in [0.25, 0.3) is 21.6 Å². The molecule has 3 aromatic heterocycles. The average Bonchev–Trinajstić information content (AvgIpc) is 3.21. The normalized spacial score (nSPS) is 12.1. The van der Waals surface area contributed by atoms with Gasteiger partial charge in [0.1, 0.15) is 11.2 Å². The highest BCUT2D eigenvalue weighted by molar-refractivity contribution is 7.18. The van der Waals surface area contributed by atoms with Gasteiger partial charge in [0.05, 0.1) is 13.3 Å². The Morgan fingerprint density at radius 2 is 1.96 bits per heavy atom. The lowest BCUT2D eigenvalue weighted by Crippen LogP contribution is -2.30. The molecular weight excluding hydrogens is 372 g/mol. The largest absolute Gasteiger partial charge is 0.493 e. The van der Waals surface area contributed by atoms with Gasteiger partial charge in [0.25, 0.3) is 0 Å². The first-order valence-corrected chi connectivity index (χ1v) is 9.71. The summed E-state index contributed by atoms with van der Waals surface area (Å²) in [5, 5.41) is 14.3. The standard InChI is InChI=1S/C20H20N6OS/c1-27-17-12-22-11-14-7-8-16(24-18(14)17)19-25-26-20(28-19)23-15(10-21)9-13-5-3-2-4-6-13/h2-8,11-12,15H,9-10,21H2,1H3,(H,23,26)/t15-/m1/s1. The smallest absolute Gasteiger partial charge is 0.206 e. The summed E-state index contributed by atoms with van der Waals surface area (Å²) in [6.45, 7) is 0.502. The second-order valence-electron chi connectivity index (χ2n) is 6.29. The Labute approximate surface area is 166 Å².